The Morgan fingerprint density at radius 3 is 1.97 bits per heavy atom. The van der Waals surface area contributed by atoms with Crippen molar-refractivity contribution in [1.82, 2.24) is 0 Å². The van der Waals surface area contributed by atoms with Crippen molar-refractivity contribution in [2.24, 2.45) is 5.14 Å². The Morgan fingerprint density at radius 1 is 0.857 bits per heavy atom. The zero-order chi connectivity index (χ0) is 25.3. The summed E-state index contributed by atoms with van der Waals surface area (Å²) < 4.78 is 31.9. The van der Waals surface area contributed by atoms with E-state index in [2.05, 4.69) is 29.7 Å². The summed E-state index contributed by atoms with van der Waals surface area (Å²) in [5.74, 6) is 0.857. The first kappa shape index (κ1) is 26.6. The van der Waals surface area contributed by atoms with Gasteiger partial charge < -0.3 is 14.5 Å². The first-order chi connectivity index (χ1) is 16.8. The van der Waals surface area contributed by atoms with E-state index in [4.69, 9.17) is 9.88 Å². The number of anilines is 2. The van der Waals surface area contributed by atoms with Crippen LogP contribution in [0.1, 0.15) is 45.1 Å². The molecule has 0 spiro atoms. The minimum atomic E-state index is -4.04. The fraction of sp³-hybridized carbons (Fsp3) is 0.357. The van der Waals surface area contributed by atoms with Gasteiger partial charge in [0.05, 0.1) is 5.69 Å². The van der Waals surface area contributed by atoms with Crippen LogP contribution in [0, 0.1) is 0 Å². The monoisotopic (exact) mass is 495 g/mol. The smallest absolute Gasteiger partial charge is 0.241 e. The van der Waals surface area contributed by atoms with Crippen LogP contribution in [-0.4, -0.2) is 28.6 Å². The van der Waals surface area contributed by atoms with Gasteiger partial charge in [-0.05, 0) is 54.8 Å². The van der Waals surface area contributed by atoms with E-state index in [9.17, 15) is 8.42 Å². The van der Waals surface area contributed by atoms with Gasteiger partial charge in [-0.3, -0.25) is 0 Å². The van der Waals surface area contributed by atoms with Crippen LogP contribution in [0.25, 0.3) is 0 Å². The molecule has 0 saturated heterocycles. The number of rotatable bonds is 13. The lowest BCUT2D eigenvalue weighted by Gasteiger charge is -2.29. The normalized spacial score (nSPS) is 11.3. The fourth-order valence-electron chi connectivity index (χ4n) is 3.99. The second-order valence-electron chi connectivity index (χ2n) is 8.79. The van der Waals surface area contributed by atoms with Gasteiger partial charge in [0.1, 0.15) is 10.6 Å². The molecule has 0 aliphatic heterocycles. The number of sulfonamides is 1. The van der Waals surface area contributed by atoms with Crippen molar-refractivity contribution < 1.29 is 13.2 Å². The summed E-state index contributed by atoms with van der Waals surface area (Å²) in [6, 6.07) is 23.0. The van der Waals surface area contributed by atoms with Gasteiger partial charge >= 0.3 is 0 Å². The molecule has 7 heteroatoms. The van der Waals surface area contributed by atoms with Gasteiger partial charge in [-0.1, -0.05) is 63.1 Å². The van der Waals surface area contributed by atoms with Crippen molar-refractivity contribution in [1.29, 1.82) is 0 Å². The molecule has 3 rings (SSSR count). The van der Waals surface area contributed by atoms with E-state index < -0.39 is 10.0 Å². The molecule has 6 nitrogen and oxygen atoms in total. The van der Waals surface area contributed by atoms with Crippen molar-refractivity contribution in [2.75, 3.05) is 29.9 Å². The second-order valence-corrected chi connectivity index (χ2v) is 10.3. The Kier molecular flexibility index (Phi) is 9.57. The standard InChI is InChI=1S/C28H37N3O3S/c1-4-6-18-31(19-7-5-2)26-20-23(22-30(3)24-14-10-8-11-15-24)21-27(35(29,32)33)28(26)34-25-16-12-9-13-17-25/h8-17,20-21H,4-7,18-19,22H2,1-3H3,(H2,29,32,33). The van der Waals surface area contributed by atoms with Crippen LogP contribution < -0.4 is 19.7 Å². The quantitative estimate of drug-likeness (QED) is 0.307. The first-order valence-electron chi connectivity index (χ1n) is 12.3. The van der Waals surface area contributed by atoms with E-state index in [1.165, 1.54) is 0 Å². The highest BCUT2D eigenvalue weighted by molar-refractivity contribution is 7.89. The molecule has 0 heterocycles. The molecule has 0 atom stereocenters. The molecule has 0 aromatic heterocycles. The predicted molar refractivity (Wildman–Crippen MR) is 145 cm³/mol. The molecule has 0 saturated carbocycles. The zero-order valence-electron chi connectivity index (χ0n) is 21.0. The average Bonchev–Trinajstić information content (AvgIpc) is 2.85. The number of unbranched alkanes of at least 4 members (excludes halogenated alkanes) is 2. The van der Waals surface area contributed by atoms with Crippen molar-refractivity contribution in [3.8, 4) is 11.5 Å². The molecule has 0 radical (unpaired) electrons. The predicted octanol–water partition coefficient (Wildman–Crippen LogP) is 6.17. The summed E-state index contributed by atoms with van der Waals surface area (Å²) in [7, 11) is -2.05. The van der Waals surface area contributed by atoms with Gasteiger partial charge in [0.25, 0.3) is 0 Å². The third-order valence-electron chi connectivity index (χ3n) is 5.89. The SMILES string of the molecule is CCCCN(CCCC)c1cc(CN(C)c2ccccc2)cc(S(N)(=O)=O)c1Oc1ccccc1. The maximum Gasteiger partial charge on any atom is 0.241 e. The third kappa shape index (κ3) is 7.47. The summed E-state index contributed by atoms with van der Waals surface area (Å²) in [4.78, 5) is 4.34. The van der Waals surface area contributed by atoms with E-state index in [1.54, 1.807) is 6.07 Å². The summed E-state index contributed by atoms with van der Waals surface area (Å²) in [6.45, 7) is 6.45. The Labute approximate surface area is 210 Å². The van der Waals surface area contributed by atoms with Crippen molar-refractivity contribution in [3.63, 3.8) is 0 Å². The lowest BCUT2D eigenvalue weighted by Crippen LogP contribution is -2.27. The molecule has 0 unspecified atom stereocenters. The van der Waals surface area contributed by atoms with Crippen molar-refractivity contribution in [2.45, 2.75) is 51.0 Å². The highest BCUT2D eigenvalue weighted by Gasteiger charge is 2.25. The molecular formula is C28H37N3O3S. The van der Waals surface area contributed by atoms with Crippen LogP contribution in [0.3, 0.4) is 0 Å². The minimum absolute atomic E-state index is 0.00770. The molecule has 0 amide bonds. The van der Waals surface area contributed by atoms with Gasteiger partial charge in [0.15, 0.2) is 5.75 Å². The molecule has 35 heavy (non-hydrogen) atoms. The van der Waals surface area contributed by atoms with Gasteiger partial charge in [-0.15, -0.1) is 0 Å². The first-order valence-corrected chi connectivity index (χ1v) is 13.8. The van der Waals surface area contributed by atoms with Gasteiger partial charge in [-0.2, -0.15) is 0 Å². The fourth-order valence-corrected chi connectivity index (χ4v) is 4.71. The number of primary sulfonamides is 1. The largest absolute Gasteiger partial charge is 0.454 e. The third-order valence-corrected chi connectivity index (χ3v) is 6.80. The number of nitrogens with two attached hydrogens (primary N) is 1. The molecule has 3 aromatic rings. The molecule has 188 valence electrons. The van der Waals surface area contributed by atoms with Crippen LogP contribution in [-0.2, 0) is 16.6 Å². The molecule has 0 aliphatic rings. The molecule has 2 N–H and O–H groups in total. The molecule has 0 fully saturated rings. The van der Waals surface area contributed by atoms with Crippen LogP contribution >= 0.6 is 0 Å². The number of ether oxygens (including phenoxy) is 1. The summed E-state index contributed by atoms with van der Waals surface area (Å²) in [5.41, 5.74) is 2.66. The van der Waals surface area contributed by atoms with Crippen LogP contribution in [0.2, 0.25) is 0 Å². The molecule has 0 bridgehead atoms. The van der Waals surface area contributed by atoms with Crippen molar-refractivity contribution >= 4 is 21.4 Å². The van der Waals surface area contributed by atoms with Gasteiger partial charge in [0, 0.05) is 32.4 Å². The van der Waals surface area contributed by atoms with E-state index in [0.29, 0.717) is 12.3 Å². The molecular weight excluding hydrogens is 458 g/mol. The topological polar surface area (TPSA) is 75.9 Å². The van der Waals surface area contributed by atoms with E-state index in [1.807, 2.05) is 67.7 Å². The number of benzene rings is 3. The van der Waals surface area contributed by atoms with Crippen LogP contribution in [0.15, 0.2) is 77.7 Å². The zero-order valence-corrected chi connectivity index (χ0v) is 21.8. The Bertz CT molecular complexity index is 1160. The number of hydrogen-bond acceptors (Lipinski definition) is 5. The minimum Gasteiger partial charge on any atom is -0.454 e. The van der Waals surface area contributed by atoms with E-state index >= 15 is 0 Å². The summed E-state index contributed by atoms with van der Waals surface area (Å²) >= 11 is 0. The molecule has 0 aliphatic carbocycles. The Hall–Kier alpha value is -3.03. The Morgan fingerprint density at radius 2 is 1.43 bits per heavy atom. The molecule has 3 aromatic carbocycles. The maximum absolute atomic E-state index is 12.8. The highest BCUT2D eigenvalue weighted by Crippen LogP contribution is 2.40. The maximum atomic E-state index is 12.8. The van der Waals surface area contributed by atoms with Crippen LogP contribution in [0.4, 0.5) is 11.4 Å². The van der Waals surface area contributed by atoms with E-state index in [0.717, 1.165) is 55.7 Å². The lowest BCUT2D eigenvalue weighted by molar-refractivity contribution is 0.465. The second kappa shape index (κ2) is 12.6. The Balaban J connectivity index is 2.14. The summed E-state index contributed by atoms with van der Waals surface area (Å²) in [6.07, 6.45) is 4.06. The number of para-hydroxylation sites is 2. The highest BCUT2D eigenvalue weighted by atomic mass is 32.2. The average molecular weight is 496 g/mol. The van der Waals surface area contributed by atoms with Gasteiger partial charge in [0.2, 0.25) is 10.0 Å². The number of nitrogens with zero attached hydrogens (tertiary/aromatic N) is 2. The van der Waals surface area contributed by atoms with Crippen LogP contribution in [0.5, 0.6) is 11.5 Å². The summed E-state index contributed by atoms with van der Waals surface area (Å²) in [5, 5.41) is 5.75. The van der Waals surface area contributed by atoms with Crippen molar-refractivity contribution in [3.05, 3.63) is 78.4 Å². The van der Waals surface area contributed by atoms with Gasteiger partial charge in [-0.25, -0.2) is 13.6 Å². The lowest BCUT2D eigenvalue weighted by atomic mass is 10.1. The van der Waals surface area contributed by atoms with E-state index in [-0.39, 0.29) is 10.6 Å². The number of hydrogen-bond donors (Lipinski definition) is 1.